The lowest BCUT2D eigenvalue weighted by atomic mass is 10.2. The maximum Gasteiger partial charge on any atom is 0.0571 e. The Bertz CT molecular complexity index is 90.2. The molecule has 2 saturated carbocycles. The van der Waals surface area contributed by atoms with Crippen LogP contribution in [0.4, 0.5) is 0 Å². The van der Waals surface area contributed by atoms with Crippen LogP contribution in [0.2, 0.25) is 0 Å². The molecule has 0 aromatic carbocycles. The van der Waals surface area contributed by atoms with Crippen LogP contribution in [-0.2, 0) is 0 Å². The molecule has 2 fully saturated rings. The average Bonchev–Trinajstić information content (AvgIpc) is 2.33. The molecule has 2 rings (SSSR count). The van der Waals surface area contributed by atoms with Crippen LogP contribution >= 0.6 is 0 Å². The molecule has 0 spiro atoms. The molecule has 0 aliphatic heterocycles. The van der Waals surface area contributed by atoms with E-state index in [2.05, 4.69) is 0 Å². The van der Waals surface area contributed by atoms with Gasteiger partial charge in [-0.15, -0.1) is 0 Å². The molecule has 0 unspecified atom stereocenters. The second-order valence-corrected chi connectivity index (χ2v) is 2.80. The highest BCUT2D eigenvalue weighted by molar-refractivity contribution is 4.97. The van der Waals surface area contributed by atoms with Crippen LogP contribution in [0.1, 0.15) is 19.3 Å². The number of hydrogen-bond acceptors (Lipinski definition) is 1. The van der Waals surface area contributed by atoms with Crippen LogP contribution in [0.5, 0.6) is 0 Å². The molecular formula is C6H10O. The van der Waals surface area contributed by atoms with Gasteiger partial charge in [-0.3, -0.25) is 0 Å². The van der Waals surface area contributed by atoms with Crippen LogP contribution in [0, 0.1) is 11.8 Å². The highest BCUT2D eigenvalue weighted by atomic mass is 16.3. The summed E-state index contributed by atoms with van der Waals surface area (Å²) in [6.07, 6.45) is 3.78. The van der Waals surface area contributed by atoms with Crippen LogP contribution in [0.15, 0.2) is 0 Å². The Labute approximate surface area is 43.3 Å². The van der Waals surface area contributed by atoms with Crippen molar-refractivity contribution >= 4 is 0 Å². The molecule has 3 atom stereocenters. The Morgan fingerprint density at radius 2 is 2.14 bits per heavy atom. The van der Waals surface area contributed by atoms with E-state index in [0.717, 1.165) is 18.3 Å². The summed E-state index contributed by atoms with van der Waals surface area (Å²) in [5.74, 6) is 1.68. The van der Waals surface area contributed by atoms with Crippen molar-refractivity contribution in [2.75, 3.05) is 0 Å². The summed E-state index contributed by atoms with van der Waals surface area (Å²) in [6.45, 7) is 0. The minimum Gasteiger partial charge on any atom is -0.393 e. The summed E-state index contributed by atoms with van der Waals surface area (Å²) in [5.41, 5.74) is 0. The molecule has 0 amide bonds. The Kier molecular flexibility index (Phi) is 0.571. The molecule has 7 heavy (non-hydrogen) atoms. The molecule has 40 valence electrons. The van der Waals surface area contributed by atoms with Gasteiger partial charge >= 0.3 is 0 Å². The van der Waals surface area contributed by atoms with E-state index >= 15 is 0 Å². The van der Waals surface area contributed by atoms with Crippen molar-refractivity contribution in [3.05, 3.63) is 0 Å². The number of fused-ring (bicyclic) bond motifs is 1. The first kappa shape index (κ1) is 3.90. The maximum absolute atomic E-state index is 9.04. The van der Waals surface area contributed by atoms with Gasteiger partial charge < -0.3 is 5.11 Å². The smallest absolute Gasteiger partial charge is 0.0571 e. The third kappa shape index (κ3) is 0.418. The second kappa shape index (κ2) is 1.03. The lowest BCUT2D eigenvalue weighted by Gasteiger charge is -1.97. The first-order valence-corrected chi connectivity index (χ1v) is 3.06. The molecule has 2 aliphatic rings. The average molecular weight is 98.1 g/mol. The van der Waals surface area contributed by atoms with Crippen molar-refractivity contribution in [1.82, 2.24) is 0 Å². The van der Waals surface area contributed by atoms with Gasteiger partial charge in [0.25, 0.3) is 0 Å². The van der Waals surface area contributed by atoms with Gasteiger partial charge in [-0.05, 0) is 31.1 Å². The van der Waals surface area contributed by atoms with E-state index in [1.807, 2.05) is 0 Å². The fourth-order valence-electron chi connectivity index (χ4n) is 1.67. The predicted molar refractivity (Wildman–Crippen MR) is 26.8 cm³/mol. The zero-order valence-electron chi connectivity index (χ0n) is 4.30. The first-order chi connectivity index (χ1) is 3.38. The van der Waals surface area contributed by atoms with Crippen molar-refractivity contribution in [1.29, 1.82) is 0 Å². The zero-order valence-corrected chi connectivity index (χ0v) is 4.30. The van der Waals surface area contributed by atoms with Gasteiger partial charge in [0.2, 0.25) is 0 Å². The van der Waals surface area contributed by atoms with Crippen molar-refractivity contribution in [2.45, 2.75) is 25.4 Å². The largest absolute Gasteiger partial charge is 0.393 e. The summed E-state index contributed by atoms with van der Waals surface area (Å²) in [5, 5.41) is 9.04. The van der Waals surface area contributed by atoms with Gasteiger partial charge in [0.15, 0.2) is 0 Å². The highest BCUT2D eigenvalue weighted by Crippen LogP contribution is 2.51. The molecule has 0 bridgehead atoms. The van der Waals surface area contributed by atoms with Crippen molar-refractivity contribution in [3.8, 4) is 0 Å². The van der Waals surface area contributed by atoms with E-state index in [-0.39, 0.29) is 6.10 Å². The molecule has 1 nitrogen and oxygen atoms in total. The van der Waals surface area contributed by atoms with Crippen LogP contribution < -0.4 is 0 Å². The molecule has 0 aromatic heterocycles. The standard InChI is InChI=1S/C6H10O/c7-6-2-1-4-3-5(4)6/h4-7H,1-3H2/t4-,5-,6+/m0/s1. The van der Waals surface area contributed by atoms with E-state index in [1.54, 1.807) is 0 Å². The molecule has 0 saturated heterocycles. The van der Waals surface area contributed by atoms with Gasteiger partial charge in [0.1, 0.15) is 0 Å². The van der Waals surface area contributed by atoms with E-state index in [9.17, 15) is 0 Å². The van der Waals surface area contributed by atoms with Gasteiger partial charge in [0, 0.05) is 0 Å². The van der Waals surface area contributed by atoms with Gasteiger partial charge in [-0.2, -0.15) is 0 Å². The lowest BCUT2D eigenvalue weighted by molar-refractivity contribution is 0.159. The molecule has 0 heterocycles. The van der Waals surface area contributed by atoms with E-state index in [1.165, 1.54) is 12.8 Å². The third-order valence-electron chi connectivity index (χ3n) is 2.30. The Balaban J connectivity index is 2.08. The molecule has 0 radical (unpaired) electrons. The molecule has 0 aromatic rings. The Morgan fingerprint density at radius 3 is 2.29 bits per heavy atom. The third-order valence-corrected chi connectivity index (χ3v) is 2.30. The number of aliphatic hydroxyl groups excluding tert-OH is 1. The maximum atomic E-state index is 9.04. The van der Waals surface area contributed by atoms with Gasteiger partial charge in [-0.1, -0.05) is 0 Å². The van der Waals surface area contributed by atoms with Crippen molar-refractivity contribution in [3.63, 3.8) is 0 Å². The predicted octanol–water partition coefficient (Wildman–Crippen LogP) is 0.777. The minimum atomic E-state index is 0.0880. The fourth-order valence-corrected chi connectivity index (χ4v) is 1.67. The summed E-state index contributed by atoms with van der Waals surface area (Å²) in [7, 11) is 0. The quantitative estimate of drug-likeness (QED) is 0.474. The van der Waals surface area contributed by atoms with E-state index < -0.39 is 0 Å². The Morgan fingerprint density at radius 1 is 1.29 bits per heavy atom. The van der Waals surface area contributed by atoms with E-state index in [0.29, 0.717) is 0 Å². The summed E-state index contributed by atoms with van der Waals surface area (Å²) in [4.78, 5) is 0. The van der Waals surface area contributed by atoms with Crippen LogP contribution in [0.25, 0.3) is 0 Å². The van der Waals surface area contributed by atoms with Crippen molar-refractivity contribution in [2.24, 2.45) is 11.8 Å². The second-order valence-electron chi connectivity index (χ2n) is 2.80. The topological polar surface area (TPSA) is 20.2 Å². The number of aliphatic hydroxyl groups is 1. The number of hydrogen-bond donors (Lipinski definition) is 1. The van der Waals surface area contributed by atoms with Crippen LogP contribution in [0.3, 0.4) is 0 Å². The highest BCUT2D eigenvalue weighted by Gasteiger charge is 2.47. The molecule has 1 heteroatoms. The van der Waals surface area contributed by atoms with Gasteiger partial charge in [0.05, 0.1) is 6.10 Å². The molecular weight excluding hydrogens is 88.1 g/mol. The molecule has 1 N–H and O–H groups in total. The first-order valence-electron chi connectivity index (χ1n) is 3.06. The lowest BCUT2D eigenvalue weighted by Crippen LogP contribution is -2.02. The summed E-state index contributed by atoms with van der Waals surface area (Å²) < 4.78 is 0. The van der Waals surface area contributed by atoms with Gasteiger partial charge in [-0.25, -0.2) is 0 Å². The monoisotopic (exact) mass is 98.1 g/mol. The summed E-state index contributed by atoms with van der Waals surface area (Å²) in [6, 6.07) is 0. The summed E-state index contributed by atoms with van der Waals surface area (Å²) >= 11 is 0. The van der Waals surface area contributed by atoms with Crippen LogP contribution in [-0.4, -0.2) is 11.2 Å². The number of rotatable bonds is 0. The van der Waals surface area contributed by atoms with Crippen molar-refractivity contribution < 1.29 is 5.11 Å². The normalized spacial score (nSPS) is 57.0. The zero-order chi connectivity index (χ0) is 4.85. The SMILES string of the molecule is O[C@@H]1CC[C@H]2C[C@@H]21. The van der Waals surface area contributed by atoms with E-state index in [4.69, 9.17) is 5.11 Å². The Hall–Kier alpha value is -0.0400. The minimum absolute atomic E-state index is 0.0880. The fraction of sp³-hybridized carbons (Fsp3) is 1.00. The molecule has 2 aliphatic carbocycles.